The van der Waals surface area contributed by atoms with Crippen LogP contribution >= 0.6 is 0 Å². The van der Waals surface area contributed by atoms with Crippen LogP contribution in [0.5, 0.6) is 5.75 Å². The molecule has 0 spiro atoms. The van der Waals surface area contributed by atoms with Crippen molar-refractivity contribution in [2.75, 3.05) is 5.32 Å². The Hall–Kier alpha value is -1.77. The Kier molecular flexibility index (Phi) is 4.58. The summed E-state index contributed by atoms with van der Waals surface area (Å²) < 4.78 is 5.90. The predicted molar refractivity (Wildman–Crippen MR) is 105 cm³/mol. The molecule has 0 aliphatic heterocycles. The minimum atomic E-state index is -0.111. The first kappa shape index (κ1) is 17.6. The number of hydrogen-bond acceptors (Lipinski definition) is 2. The quantitative estimate of drug-likeness (QED) is 0.699. The second-order valence-electron chi connectivity index (χ2n) is 9.13. The molecule has 4 aliphatic carbocycles. The van der Waals surface area contributed by atoms with Gasteiger partial charge in [-0.2, -0.15) is 0 Å². The zero-order valence-electron chi connectivity index (χ0n) is 16.1. The molecule has 1 aromatic rings. The Labute approximate surface area is 157 Å². The van der Waals surface area contributed by atoms with E-state index >= 15 is 0 Å². The van der Waals surface area contributed by atoms with Crippen LogP contribution in [0.2, 0.25) is 0 Å². The normalized spacial score (nSPS) is 31.9. The van der Waals surface area contributed by atoms with E-state index in [4.69, 9.17) is 4.74 Å². The Balaban J connectivity index is 1.52. The minimum absolute atomic E-state index is 0.111. The molecule has 0 aromatic heterocycles. The van der Waals surface area contributed by atoms with Crippen molar-refractivity contribution < 1.29 is 9.53 Å². The zero-order chi connectivity index (χ0) is 18.3. The largest absolute Gasteiger partial charge is 0.491 e. The van der Waals surface area contributed by atoms with Crippen LogP contribution in [0.15, 0.2) is 30.9 Å². The monoisotopic (exact) mass is 353 g/mol. The molecule has 1 N–H and O–H groups in total. The number of carbonyl (C=O) groups is 1. The molecule has 5 rings (SSSR count). The molecule has 0 radical (unpaired) electrons. The van der Waals surface area contributed by atoms with E-state index in [9.17, 15) is 4.79 Å². The first-order chi connectivity index (χ1) is 12.5. The molecule has 4 aliphatic rings. The highest BCUT2D eigenvalue weighted by Gasteiger charge is 2.54. The van der Waals surface area contributed by atoms with E-state index in [-0.39, 0.29) is 17.4 Å². The number of nitrogens with one attached hydrogen (secondary N) is 1. The topological polar surface area (TPSA) is 38.3 Å². The van der Waals surface area contributed by atoms with Crippen LogP contribution in [0, 0.1) is 23.2 Å². The molecule has 1 amide bonds. The molecule has 0 unspecified atom stereocenters. The van der Waals surface area contributed by atoms with Gasteiger partial charge in [-0.1, -0.05) is 6.08 Å². The van der Waals surface area contributed by atoms with Crippen molar-refractivity contribution in [3.63, 3.8) is 0 Å². The third-order valence-corrected chi connectivity index (χ3v) is 6.57. The number of benzene rings is 1. The molecule has 140 valence electrons. The standard InChI is InChI=1S/C23H31NO2/c1-4-5-19-11-20(6-7-21(19)26-15(2)3)24-22(25)23-12-16-8-17(13-23)10-18(9-16)14-23/h4,6-7,11,15-18H,1,5,8-10,12-14H2,2-3H3,(H,24,25). The summed E-state index contributed by atoms with van der Waals surface area (Å²) in [4.78, 5) is 13.2. The molecule has 0 heterocycles. The fraction of sp³-hybridized carbons (Fsp3) is 0.609. The lowest BCUT2D eigenvalue weighted by molar-refractivity contribution is -0.140. The molecular formula is C23H31NO2. The SMILES string of the molecule is C=CCc1cc(NC(=O)C23CC4CC(CC(C4)C2)C3)ccc1OC(C)C. The molecule has 26 heavy (non-hydrogen) atoms. The summed E-state index contributed by atoms with van der Waals surface area (Å²) in [6, 6.07) is 6.01. The molecule has 4 fully saturated rings. The summed E-state index contributed by atoms with van der Waals surface area (Å²) in [5, 5.41) is 3.25. The van der Waals surface area contributed by atoms with Gasteiger partial charge < -0.3 is 10.1 Å². The lowest BCUT2D eigenvalue weighted by atomic mass is 9.49. The zero-order valence-corrected chi connectivity index (χ0v) is 16.1. The van der Waals surface area contributed by atoms with E-state index in [2.05, 4.69) is 18.0 Å². The van der Waals surface area contributed by atoms with Crippen LogP contribution in [0.3, 0.4) is 0 Å². The van der Waals surface area contributed by atoms with Gasteiger partial charge in [0.1, 0.15) is 5.75 Å². The fourth-order valence-electron chi connectivity index (χ4n) is 5.99. The summed E-state index contributed by atoms with van der Waals surface area (Å²) in [7, 11) is 0. The van der Waals surface area contributed by atoms with Crippen molar-refractivity contribution in [2.24, 2.45) is 23.2 Å². The number of carbonyl (C=O) groups excluding carboxylic acids is 1. The molecule has 3 heteroatoms. The number of amides is 1. The third kappa shape index (κ3) is 3.28. The lowest BCUT2D eigenvalue weighted by Gasteiger charge is -2.55. The van der Waals surface area contributed by atoms with Crippen LogP contribution in [0.4, 0.5) is 5.69 Å². The van der Waals surface area contributed by atoms with E-state index in [0.29, 0.717) is 0 Å². The summed E-state index contributed by atoms with van der Waals surface area (Å²) in [6.45, 7) is 7.91. The van der Waals surface area contributed by atoms with Crippen LogP contribution < -0.4 is 10.1 Å². The highest BCUT2D eigenvalue weighted by molar-refractivity contribution is 5.95. The third-order valence-electron chi connectivity index (χ3n) is 6.57. The average molecular weight is 354 g/mol. The summed E-state index contributed by atoms with van der Waals surface area (Å²) >= 11 is 0. The van der Waals surface area contributed by atoms with Crippen molar-refractivity contribution in [1.29, 1.82) is 0 Å². The molecule has 3 nitrogen and oxygen atoms in total. The Morgan fingerprint density at radius 1 is 1.23 bits per heavy atom. The van der Waals surface area contributed by atoms with Gasteiger partial charge in [0.05, 0.1) is 11.5 Å². The van der Waals surface area contributed by atoms with Crippen molar-refractivity contribution in [3.8, 4) is 5.75 Å². The first-order valence-electron chi connectivity index (χ1n) is 10.2. The van der Waals surface area contributed by atoms with Gasteiger partial charge in [0, 0.05) is 5.69 Å². The Morgan fingerprint density at radius 2 is 1.85 bits per heavy atom. The molecule has 4 bridgehead atoms. The maximum Gasteiger partial charge on any atom is 0.230 e. The van der Waals surface area contributed by atoms with Crippen LogP contribution in [-0.4, -0.2) is 12.0 Å². The van der Waals surface area contributed by atoms with Gasteiger partial charge >= 0.3 is 0 Å². The van der Waals surface area contributed by atoms with Gasteiger partial charge in [0.15, 0.2) is 0 Å². The summed E-state index contributed by atoms with van der Waals surface area (Å²) in [5.41, 5.74) is 1.86. The number of hydrogen-bond donors (Lipinski definition) is 1. The van der Waals surface area contributed by atoms with Crippen molar-refractivity contribution >= 4 is 11.6 Å². The Morgan fingerprint density at radius 3 is 2.38 bits per heavy atom. The molecule has 0 saturated heterocycles. The van der Waals surface area contributed by atoms with Gasteiger partial charge in [-0.05, 0) is 100 Å². The second kappa shape index (κ2) is 6.75. The van der Waals surface area contributed by atoms with Gasteiger partial charge in [-0.25, -0.2) is 0 Å². The Bertz CT molecular complexity index is 671. The van der Waals surface area contributed by atoms with E-state index in [1.165, 1.54) is 19.3 Å². The van der Waals surface area contributed by atoms with Gasteiger partial charge in [0.25, 0.3) is 0 Å². The number of allylic oxidation sites excluding steroid dienone is 1. The van der Waals surface area contributed by atoms with Gasteiger partial charge in [-0.3, -0.25) is 4.79 Å². The summed E-state index contributed by atoms with van der Waals surface area (Å²) in [6.07, 6.45) is 10.1. The van der Waals surface area contributed by atoms with E-state index < -0.39 is 0 Å². The number of anilines is 1. The first-order valence-corrected chi connectivity index (χ1v) is 10.2. The van der Waals surface area contributed by atoms with E-state index in [1.54, 1.807) is 0 Å². The van der Waals surface area contributed by atoms with Crippen molar-refractivity contribution in [3.05, 3.63) is 36.4 Å². The lowest BCUT2D eigenvalue weighted by Crippen LogP contribution is -2.51. The van der Waals surface area contributed by atoms with E-state index in [0.717, 1.165) is 60.4 Å². The van der Waals surface area contributed by atoms with Gasteiger partial charge in [-0.15, -0.1) is 6.58 Å². The molecular weight excluding hydrogens is 322 g/mol. The molecule has 0 atom stereocenters. The minimum Gasteiger partial charge on any atom is -0.491 e. The number of rotatable bonds is 6. The van der Waals surface area contributed by atoms with Crippen molar-refractivity contribution in [1.82, 2.24) is 0 Å². The molecule has 4 saturated carbocycles. The predicted octanol–water partition coefficient (Wildman–Crippen LogP) is 5.36. The van der Waals surface area contributed by atoms with Crippen LogP contribution in [-0.2, 0) is 11.2 Å². The maximum atomic E-state index is 13.2. The smallest absolute Gasteiger partial charge is 0.230 e. The van der Waals surface area contributed by atoms with Crippen LogP contribution in [0.1, 0.15) is 57.9 Å². The summed E-state index contributed by atoms with van der Waals surface area (Å²) in [5.74, 6) is 3.48. The fourth-order valence-corrected chi connectivity index (χ4v) is 5.99. The maximum absolute atomic E-state index is 13.2. The second-order valence-corrected chi connectivity index (χ2v) is 9.13. The van der Waals surface area contributed by atoms with Gasteiger partial charge in [0.2, 0.25) is 5.91 Å². The number of ether oxygens (including phenoxy) is 1. The highest BCUT2D eigenvalue weighted by atomic mass is 16.5. The van der Waals surface area contributed by atoms with E-state index in [1.807, 2.05) is 32.1 Å². The van der Waals surface area contributed by atoms with Crippen molar-refractivity contribution in [2.45, 2.75) is 64.9 Å². The average Bonchev–Trinajstić information content (AvgIpc) is 2.56. The van der Waals surface area contributed by atoms with Crippen LogP contribution in [0.25, 0.3) is 0 Å². The molecule has 1 aromatic carbocycles. The highest BCUT2D eigenvalue weighted by Crippen LogP contribution is 2.60.